The zero-order valence-electron chi connectivity index (χ0n) is 18.1. The van der Waals surface area contributed by atoms with Crippen molar-refractivity contribution in [2.75, 3.05) is 0 Å². The van der Waals surface area contributed by atoms with Crippen LogP contribution in [-0.2, 0) is 18.3 Å². The molecular weight excluding hydrogens is 360 g/mol. The lowest BCUT2D eigenvalue weighted by atomic mass is 9.66. The van der Waals surface area contributed by atoms with Gasteiger partial charge in [0.1, 0.15) is 0 Å². The van der Waals surface area contributed by atoms with Gasteiger partial charge in [0.15, 0.2) is 0 Å². The van der Waals surface area contributed by atoms with Crippen LogP contribution in [0, 0.1) is 6.92 Å². The van der Waals surface area contributed by atoms with Crippen LogP contribution >= 0.6 is 0 Å². The minimum absolute atomic E-state index is 0.282. The topological polar surface area (TPSA) is 0 Å². The van der Waals surface area contributed by atoms with E-state index in [0.29, 0.717) is 0 Å². The Morgan fingerprint density at radius 1 is 0.567 bits per heavy atom. The number of hydrogen-bond acceptors (Lipinski definition) is 0. The van der Waals surface area contributed by atoms with E-state index in [1.807, 2.05) is 0 Å². The molecule has 0 atom stereocenters. The SMILES string of the molecule is CCc1ccc2c(c1)-c1cc(CC)ccc1C2(c1ccccc1)c1ccccc1C. The highest BCUT2D eigenvalue weighted by Gasteiger charge is 2.46. The predicted octanol–water partition coefficient (Wildman–Crippen LogP) is 7.48. The Bertz CT molecular complexity index is 1160. The van der Waals surface area contributed by atoms with E-state index in [2.05, 4.69) is 112 Å². The van der Waals surface area contributed by atoms with Gasteiger partial charge in [-0.2, -0.15) is 0 Å². The van der Waals surface area contributed by atoms with Crippen LogP contribution < -0.4 is 0 Å². The van der Waals surface area contributed by atoms with E-state index in [4.69, 9.17) is 0 Å². The summed E-state index contributed by atoms with van der Waals surface area (Å²) in [7, 11) is 0. The molecule has 1 aliphatic carbocycles. The maximum atomic E-state index is 2.43. The third-order valence-corrected chi connectivity index (χ3v) is 6.84. The van der Waals surface area contributed by atoms with Crippen molar-refractivity contribution in [3.8, 4) is 11.1 Å². The minimum atomic E-state index is -0.282. The van der Waals surface area contributed by atoms with Crippen molar-refractivity contribution in [3.05, 3.63) is 130 Å². The molecule has 0 aliphatic heterocycles. The first-order valence-corrected chi connectivity index (χ1v) is 11.1. The molecule has 0 radical (unpaired) electrons. The Hall–Kier alpha value is -3.12. The van der Waals surface area contributed by atoms with Crippen LogP contribution in [0.2, 0.25) is 0 Å². The van der Waals surface area contributed by atoms with E-state index < -0.39 is 0 Å². The maximum absolute atomic E-state index is 2.43. The summed E-state index contributed by atoms with van der Waals surface area (Å²) in [4.78, 5) is 0. The second kappa shape index (κ2) is 7.29. The third kappa shape index (κ3) is 2.60. The highest BCUT2D eigenvalue weighted by atomic mass is 14.5. The van der Waals surface area contributed by atoms with Crippen molar-refractivity contribution in [2.24, 2.45) is 0 Å². The van der Waals surface area contributed by atoms with Crippen LogP contribution in [0.15, 0.2) is 91.0 Å². The van der Waals surface area contributed by atoms with Gasteiger partial charge in [-0.25, -0.2) is 0 Å². The van der Waals surface area contributed by atoms with E-state index in [-0.39, 0.29) is 5.41 Å². The van der Waals surface area contributed by atoms with Crippen LogP contribution in [-0.4, -0.2) is 0 Å². The van der Waals surface area contributed by atoms with Gasteiger partial charge in [0.05, 0.1) is 5.41 Å². The molecule has 0 aromatic heterocycles. The fourth-order valence-electron chi connectivity index (χ4n) is 5.31. The molecule has 4 aromatic rings. The molecule has 0 fully saturated rings. The van der Waals surface area contributed by atoms with Gasteiger partial charge in [-0.1, -0.05) is 105 Å². The van der Waals surface area contributed by atoms with Gasteiger partial charge in [0, 0.05) is 0 Å². The van der Waals surface area contributed by atoms with Gasteiger partial charge in [-0.15, -0.1) is 0 Å². The summed E-state index contributed by atoms with van der Waals surface area (Å²) in [5.41, 5.74) is 12.2. The Balaban J connectivity index is 1.97. The Morgan fingerprint density at radius 2 is 1.10 bits per heavy atom. The number of rotatable bonds is 4. The van der Waals surface area contributed by atoms with E-state index in [1.165, 1.54) is 50.1 Å². The summed E-state index contributed by atoms with van der Waals surface area (Å²) >= 11 is 0. The summed E-state index contributed by atoms with van der Waals surface area (Å²) in [5, 5.41) is 0. The Kier molecular flexibility index (Phi) is 4.59. The Labute approximate surface area is 180 Å². The first kappa shape index (κ1) is 18.9. The fourth-order valence-corrected chi connectivity index (χ4v) is 5.31. The quantitative estimate of drug-likeness (QED) is 0.299. The van der Waals surface area contributed by atoms with Crippen LogP contribution in [0.25, 0.3) is 11.1 Å². The Morgan fingerprint density at radius 3 is 1.63 bits per heavy atom. The highest BCUT2D eigenvalue weighted by Crippen LogP contribution is 2.57. The normalized spacial score (nSPS) is 13.7. The smallest absolute Gasteiger partial charge is 0.0622 e. The number of benzene rings is 4. The van der Waals surface area contributed by atoms with Crippen LogP contribution in [0.5, 0.6) is 0 Å². The van der Waals surface area contributed by atoms with Gasteiger partial charge in [0.2, 0.25) is 0 Å². The molecule has 0 bridgehead atoms. The van der Waals surface area contributed by atoms with Crippen LogP contribution in [0.3, 0.4) is 0 Å². The van der Waals surface area contributed by atoms with Crippen molar-refractivity contribution in [1.29, 1.82) is 0 Å². The number of fused-ring (bicyclic) bond motifs is 3. The van der Waals surface area contributed by atoms with Crippen LogP contribution in [0.4, 0.5) is 0 Å². The number of hydrogen-bond donors (Lipinski definition) is 0. The lowest BCUT2D eigenvalue weighted by Gasteiger charge is -2.35. The largest absolute Gasteiger partial charge is 0.0716 e. The summed E-state index contributed by atoms with van der Waals surface area (Å²) in [5.74, 6) is 0. The molecule has 0 N–H and O–H groups in total. The van der Waals surface area contributed by atoms with Crippen molar-refractivity contribution < 1.29 is 0 Å². The molecule has 1 aliphatic rings. The molecule has 0 heterocycles. The van der Waals surface area contributed by atoms with E-state index >= 15 is 0 Å². The predicted molar refractivity (Wildman–Crippen MR) is 127 cm³/mol. The molecule has 4 aromatic carbocycles. The third-order valence-electron chi connectivity index (χ3n) is 6.84. The molecule has 0 unspecified atom stereocenters. The molecule has 0 saturated carbocycles. The van der Waals surface area contributed by atoms with Crippen molar-refractivity contribution >= 4 is 0 Å². The fraction of sp³-hybridized carbons (Fsp3) is 0.200. The molecule has 0 amide bonds. The highest BCUT2D eigenvalue weighted by molar-refractivity contribution is 5.87. The van der Waals surface area contributed by atoms with E-state index in [9.17, 15) is 0 Å². The number of aryl methyl sites for hydroxylation is 3. The minimum Gasteiger partial charge on any atom is -0.0622 e. The van der Waals surface area contributed by atoms with E-state index in [1.54, 1.807) is 0 Å². The van der Waals surface area contributed by atoms with Gasteiger partial charge in [-0.05, 0) is 69.8 Å². The second-order valence-electron chi connectivity index (χ2n) is 8.40. The van der Waals surface area contributed by atoms with Gasteiger partial charge in [0.25, 0.3) is 0 Å². The summed E-state index contributed by atoms with van der Waals surface area (Å²) in [6, 6.07) is 34.2. The molecular formula is C30H28. The van der Waals surface area contributed by atoms with Crippen molar-refractivity contribution in [3.63, 3.8) is 0 Å². The summed E-state index contributed by atoms with van der Waals surface area (Å²) < 4.78 is 0. The summed E-state index contributed by atoms with van der Waals surface area (Å²) in [6.45, 7) is 6.73. The second-order valence-corrected chi connectivity index (χ2v) is 8.40. The van der Waals surface area contributed by atoms with Crippen molar-refractivity contribution in [1.82, 2.24) is 0 Å². The molecule has 0 heteroatoms. The molecule has 30 heavy (non-hydrogen) atoms. The average Bonchev–Trinajstić information content (AvgIpc) is 3.09. The zero-order chi connectivity index (χ0) is 20.7. The zero-order valence-corrected chi connectivity index (χ0v) is 18.1. The van der Waals surface area contributed by atoms with Crippen LogP contribution in [0.1, 0.15) is 52.8 Å². The molecule has 0 saturated heterocycles. The van der Waals surface area contributed by atoms with E-state index in [0.717, 1.165) is 12.8 Å². The first-order chi connectivity index (χ1) is 14.7. The molecule has 5 rings (SSSR count). The van der Waals surface area contributed by atoms with Crippen molar-refractivity contribution in [2.45, 2.75) is 39.0 Å². The molecule has 0 nitrogen and oxygen atoms in total. The molecule has 0 spiro atoms. The van der Waals surface area contributed by atoms with Gasteiger partial charge < -0.3 is 0 Å². The lowest BCUT2D eigenvalue weighted by molar-refractivity contribution is 0.760. The lowest BCUT2D eigenvalue weighted by Crippen LogP contribution is -2.29. The monoisotopic (exact) mass is 388 g/mol. The summed E-state index contributed by atoms with van der Waals surface area (Å²) in [6.07, 6.45) is 2.11. The maximum Gasteiger partial charge on any atom is 0.0716 e. The van der Waals surface area contributed by atoms with Gasteiger partial charge in [-0.3, -0.25) is 0 Å². The first-order valence-electron chi connectivity index (χ1n) is 11.1. The van der Waals surface area contributed by atoms with Gasteiger partial charge >= 0.3 is 0 Å². The average molecular weight is 389 g/mol. The standard InChI is InChI=1S/C30H28/c1-4-22-15-17-28-25(19-22)26-20-23(5-2)16-18-29(26)30(28,24-12-7-6-8-13-24)27-14-10-9-11-21(27)3/h6-20H,4-5H2,1-3H3. The molecule has 148 valence electrons.